The quantitative estimate of drug-likeness (QED) is 0.161. The van der Waals surface area contributed by atoms with Crippen LogP contribution in [0.25, 0.3) is 0 Å². The first kappa shape index (κ1) is 28.8. The lowest BCUT2D eigenvalue weighted by molar-refractivity contribution is -0.181. The van der Waals surface area contributed by atoms with Crippen molar-refractivity contribution in [3.05, 3.63) is 0 Å². The van der Waals surface area contributed by atoms with Crippen molar-refractivity contribution in [1.82, 2.24) is 0 Å². The van der Waals surface area contributed by atoms with Crippen molar-refractivity contribution in [3.8, 4) is 0 Å². The third-order valence-corrected chi connectivity index (χ3v) is 3.43. The molecule has 0 aliphatic heterocycles. The second kappa shape index (κ2) is 14.5. The largest absolute Gasteiger partial charge is 0.480 e. The van der Waals surface area contributed by atoms with Crippen LogP contribution in [0.15, 0.2) is 0 Å². The minimum absolute atomic E-state index is 0.177. The van der Waals surface area contributed by atoms with Crippen molar-refractivity contribution >= 4 is 29.8 Å². The molecule has 0 saturated carbocycles. The molecule has 0 saturated heterocycles. The number of carboxylic acids is 1. The van der Waals surface area contributed by atoms with Crippen LogP contribution in [-0.2, 0) is 33.4 Å². The van der Waals surface area contributed by atoms with Crippen molar-refractivity contribution < 1.29 is 48.8 Å². The molecule has 0 radical (unpaired) electrons. The fourth-order valence-corrected chi connectivity index (χ4v) is 1.24. The molecule has 3 unspecified atom stereocenters. The van der Waals surface area contributed by atoms with Crippen LogP contribution in [0.5, 0.6) is 0 Å². The van der Waals surface area contributed by atoms with Gasteiger partial charge in [-0.1, -0.05) is 20.8 Å². The molecule has 0 spiro atoms. The maximum Gasteiger partial charge on any atom is 0.346 e. The van der Waals surface area contributed by atoms with Gasteiger partial charge in [0.05, 0.1) is 0 Å². The van der Waals surface area contributed by atoms with Crippen LogP contribution in [0, 0.1) is 0 Å². The van der Waals surface area contributed by atoms with Gasteiger partial charge < -0.3 is 42.0 Å². The molecule has 0 aromatic rings. The number of ether oxygens (including phenoxy) is 2. The van der Waals surface area contributed by atoms with Crippen LogP contribution in [0.2, 0.25) is 0 Å². The number of hydrogen-bond donors (Lipinski definition) is 6. The molecule has 29 heavy (non-hydrogen) atoms. The van der Waals surface area contributed by atoms with Gasteiger partial charge in [-0.25, -0.2) is 19.2 Å². The first-order valence-electron chi connectivity index (χ1n) is 8.70. The molecular formula is C16H29N3O10. The normalized spacial score (nSPS) is 15.4. The fraction of sp³-hybridized carbons (Fsp3) is 0.688. The van der Waals surface area contributed by atoms with E-state index < -0.39 is 60.2 Å². The highest BCUT2D eigenvalue weighted by Gasteiger charge is 2.36. The van der Waals surface area contributed by atoms with Crippen molar-refractivity contribution in [2.45, 2.75) is 70.4 Å². The molecule has 9 N–H and O–H groups in total. The highest BCUT2D eigenvalue weighted by atomic mass is 16.6. The zero-order chi connectivity index (χ0) is 23.3. The zero-order valence-electron chi connectivity index (χ0n) is 16.4. The summed E-state index contributed by atoms with van der Waals surface area (Å²) in [6.07, 6.45) is -3.97. The van der Waals surface area contributed by atoms with E-state index in [1.165, 1.54) is 0 Å². The van der Waals surface area contributed by atoms with Crippen LogP contribution < -0.4 is 17.2 Å². The second-order valence-corrected chi connectivity index (χ2v) is 5.75. The highest BCUT2D eigenvalue weighted by molar-refractivity contribution is 5.96. The van der Waals surface area contributed by atoms with E-state index in [1.54, 1.807) is 20.8 Å². The zero-order valence-corrected chi connectivity index (χ0v) is 16.4. The topological polar surface area (TPSA) is 243 Å². The summed E-state index contributed by atoms with van der Waals surface area (Å²) in [6.45, 7) is 4.85. The summed E-state index contributed by atoms with van der Waals surface area (Å²) in [5, 5.41) is 26.9. The van der Waals surface area contributed by atoms with Crippen LogP contribution in [0.1, 0.15) is 40.0 Å². The Bertz CT molecular complexity index is 543. The number of aliphatic carboxylic acids is 1. The second-order valence-electron chi connectivity index (χ2n) is 5.75. The first-order chi connectivity index (χ1) is 13.3. The van der Waals surface area contributed by atoms with Crippen LogP contribution in [0.3, 0.4) is 0 Å². The molecule has 0 rings (SSSR count). The van der Waals surface area contributed by atoms with Gasteiger partial charge in [-0.2, -0.15) is 0 Å². The summed E-state index contributed by atoms with van der Waals surface area (Å²) in [4.78, 5) is 55.0. The van der Waals surface area contributed by atoms with E-state index >= 15 is 0 Å². The van der Waals surface area contributed by atoms with E-state index in [2.05, 4.69) is 9.47 Å². The van der Waals surface area contributed by atoms with Gasteiger partial charge in [0.15, 0.2) is 12.2 Å². The molecular weight excluding hydrogens is 394 g/mol. The minimum Gasteiger partial charge on any atom is -0.480 e. The predicted molar refractivity (Wildman–Crippen MR) is 96.6 cm³/mol. The van der Waals surface area contributed by atoms with Crippen molar-refractivity contribution in [2.75, 3.05) is 0 Å². The average molecular weight is 423 g/mol. The van der Waals surface area contributed by atoms with Crippen molar-refractivity contribution in [2.24, 2.45) is 17.2 Å². The molecule has 0 aliphatic rings. The Kier molecular flexibility index (Phi) is 14.4. The van der Waals surface area contributed by atoms with Crippen molar-refractivity contribution in [1.29, 1.82) is 0 Å². The Morgan fingerprint density at radius 3 is 1.10 bits per heavy atom. The van der Waals surface area contributed by atoms with E-state index in [9.17, 15) is 34.2 Å². The van der Waals surface area contributed by atoms with Gasteiger partial charge in [0.2, 0.25) is 0 Å². The summed E-state index contributed by atoms with van der Waals surface area (Å²) in [5.74, 6) is -6.37. The van der Waals surface area contributed by atoms with Crippen LogP contribution >= 0.6 is 0 Å². The highest BCUT2D eigenvalue weighted by Crippen LogP contribution is 2.03. The Labute approximate surface area is 167 Å². The molecule has 0 aliphatic carbocycles. The van der Waals surface area contributed by atoms with Gasteiger partial charge in [0.1, 0.15) is 18.1 Å². The Balaban J connectivity index is 0. The smallest absolute Gasteiger partial charge is 0.346 e. The summed E-state index contributed by atoms with van der Waals surface area (Å²) in [7, 11) is 0. The number of hydrogen-bond acceptors (Lipinski definition) is 12. The molecule has 0 aromatic carbocycles. The minimum atomic E-state index is -2.41. The van der Waals surface area contributed by atoms with Crippen LogP contribution in [-0.4, -0.2) is 75.5 Å². The van der Waals surface area contributed by atoms with Gasteiger partial charge in [0.25, 0.3) is 0 Å². The molecule has 168 valence electrons. The number of carbonyl (C=O) groups excluding carboxylic acids is 4. The first-order valence-corrected chi connectivity index (χ1v) is 8.70. The maximum atomic E-state index is 11.4. The van der Waals surface area contributed by atoms with E-state index in [0.717, 1.165) is 0 Å². The van der Waals surface area contributed by atoms with Gasteiger partial charge in [-0.3, -0.25) is 4.79 Å². The predicted octanol–water partition coefficient (Wildman–Crippen LogP) is -2.87. The number of aliphatic hydroxyl groups excluding tert-OH is 2. The third-order valence-electron chi connectivity index (χ3n) is 3.43. The molecule has 0 fully saturated rings. The molecule has 5 atom stereocenters. The monoisotopic (exact) mass is 423 g/mol. The summed E-state index contributed by atoms with van der Waals surface area (Å²) >= 11 is 0. The molecule has 0 aromatic heterocycles. The standard InChI is InChI=1S/C12H20N2O8.C4H9NO2/c1-3-5(13)9(17)21-11(19)7(15)8(16)12(20)22-10(18)6(14)4-2;1-2-3(5)4(6)7/h5-8,15-16H,3-4,13-14H2,1-2H3;3H,2,5H2,1H3,(H,6,7)/t5-,6-,7?,8?;/m1./s1. The van der Waals surface area contributed by atoms with Gasteiger partial charge in [-0.15, -0.1) is 0 Å². The fourth-order valence-electron chi connectivity index (χ4n) is 1.24. The molecule has 0 heterocycles. The Hall–Kier alpha value is -2.45. The third kappa shape index (κ3) is 11.2. The Morgan fingerprint density at radius 1 is 0.655 bits per heavy atom. The lowest BCUT2D eigenvalue weighted by atomic mass is 10.2. The SMILES string of the molecule is CCC(N)C(=O)O.CC[C@@H](N)C(=O)OC(=O)C(O)C(O)C(=O)OC(=O)[C@H](N)CC. The molecule has 13 heteroatoms. The number of aliphatic hydroxyl groups is 2. The molecule has 0 amide bonds. The van der Waals surface area contributed by atoms with E-state index in [1.807, 2.05) is 0 Å². The van der Waals surface area contributed by atoms with E-state index in [4.69, 9.17) is 22.3 Å². The van der Waals surface area contributed by atoms with Crippen molar-refractivity contribution in [3.63, 3.8) is 0 Å². The number of carbonyl (C=O) groups is 5. The lowest BCUT2D eigenvalue weighted by Crippen LogP contribution is -2.45. The lowest BCUT2D eigenvalue weighted by Gasteiger charge is -2.16. The van der Waals surface area contributed by atoms with Gasteiger partial charge >= 0.3 is 29.8 Å². The number of nitrogens with two attached hydrogens (primary N) is 3. The average Bonchev–Trinajstić information content (AvgIpc) is 2.70. The number of rotatable bonds is 9. The van der Waals surface area contributed by atoms with Crippen LogP contribution in [0.4, 0.5) is 0 Å². The van der Waals surface area contributed by atoms with Gasteiger partial charge in [-0.05, 0) is 19.3 Å². The molecule has 0 bridgehead atoms. The summed E-state index contributed by atoms with van der Waals surface area (Å²) in [6, 6.07) is -2.87. The maximum absolute atomic E-state index is 11.4. The van der Waals surface area contributed by atoms with E-state index in [0.29, 0.717) is 6.42 Å². The number of esters is 4. The number of carboxylic acid groups (broad SMARTS) is 1. The molecule has 13 nitrogen and oxygen atoms in total. The van der Waals surface area contributed by atoms with E-state index in [-0.39, 0.29) is 12.8 Å². The summed E-state index contributed by atoms with van der Waals surface area (Å²) in [5.41, 5.74) is 15.6. The summed E-state index contributed by atoms with van der Waals surface area (Å²) < 4.78 is 8.36. The Morgan fingerprint density at radius 2 is 0.931 bits per heavy atom. The van der Waals surface area contributed by atoms with Gasteiger partial charge in [0, 0.05) is 0 Å².